The maximum atomic E-state index is 12.9. The first-order valence-electron chi connectivity index (χ1n) is 11.1. The summed E-state index contributed by atoms with van der Waals surface area (Å²) in [5, 5.41) is 8.71. The Bertz CT molecular complexity index is 925. The molecule has 168 valence electrons. The number of carbonyl (C=O) groups is 1. The van der Waals surface area contributed by atoms with Gasteiger partial charge in [-0.25, -0.2) is 9.48 Å². The SMILES string of the molecule is CCCCCCSc1nc2n(n1)[C@@H](c1ccccc1OCC)C(C(=O)OCC)=C(C)N2. The van der Waals surface area contributed by atoms with Gasteiger partial charge in [0.25, 0.3) is 0 Å². The van der Waals surface area contributed by atoms with Crippen LogP contribution in [0, 0.1) is 0 Å². The number of hydrogen-bond donors (Lipinski definition) is 1. The van der Waals surface area contributed by atoms with Gasteiger partial charge in [0.1, 0.15) is 11.8 Å². The van der Waals surface area contributed by atoms with E-state index < -0.39 is 6.04 Å². The number of ether oxygens (including phenoxy) is 2. The van der Waals surface area contributed by atoms with Gasteiger partial charge < -0.3 is 14.8 Å². The number of aromatic nitrogens is 3. The minimum absolute atomic E-state index is 0.304. The lowest BCUT2D eigenvalue weighted by atomic mass is 9.95. The van der Waals surface area contributed by atoms with E-state index in [2.05, 4.69) is 17.2 Å². The van der Waals surface area contributed by atoms with Crippen LogP contribution in [0.2, 0.25) is 0 Å². The maximum Gasteiger partial charge on any atom is 0.338 e. The summed E-state index contributed by atoms with van der Waals surface area (Å²) in [5.74, 6) is 1.96. The molecule has 0 fully saturated rings. The molecule has 0 saturated carbocycles. The van der Waals surface area contributed by atoms with E-state index in [1.165, 1.54) is 19.3 Å². The molecule has 0 saturated heterocycles. The number of hydrogen-bond acceptors (Lipinski definition) is 7. The molecule has 0 radical (unpaired) electrons. The van der Waals surface area contributed by atoms with Gasteiger partial charge in [-0.05, 0) is 33.3 Å². The van der Waals surface area contributed by atoms with E-state index in [4.69, 9.17) is 14.6 Å². The van der Waals surface area contributed by atoms with E-state index in [-0.39, 0.29) is 5.97 Å². The maximum absolute atomic E-state index is 12.9. The van der Waals surface area contributed by atoms with Gasteiger partial charge in [-0.15, -0.1) is 5.10 Å². The van der Waals surface area contributed by atoms with Gasteiger partial charge in [-0.3, -0.25) is 0 Å². The van der Waals surface area contributed by atoms with Gasteiger partial charge in [0, 0.05) is 17.0 Å². The number of anilines is 1. The standard InChI is InChI=1S/C23H32N4O3S/c1-5-8-9-12-15-31-23-25-22-24-16(4)19(21(28)30-7-3)20(27(22)26-23)17-13-10-11-14-18(17)29-6-2/h10-11,13-14,20H,5-9,12,15H2,1-4H3,(H,24,25,26)/t20-/m0/s1. The van der Waals surface area contributed by atoms with Crippen LogP contribution in [0.15, 0.2) is 40.7 Å². The zero-order valence-electron chi connectivity index (χ0n) is 18.8. The lowest BCUT2D eigenvalue weighted by molar-refractivity contribution is -0.139. The van der Waals surface area contributed by atoms with Crippen molar-refractivity contribution in [1.82, 2.24) is 14.8 Å². The third-order valence-electron chi connectivity index (χ3n) is 5.07. The Balaban J connectivity index is 1.98. The van der Waals surface area contributed by atoms with Crippen LogP contribution in [0.4, 0.5) is 5.95 Å². The largest absolute Gasteiger partial charge is 0.494 e. The first-order chi connectivity index (χ1) is 15.1. The van der Waals surface area contributed by atoms with Crippen LogP contribution >= 0.6 is 11.8 Å². The molecule has 1 atom stereocenters. The first kappa shape index (κ1) is 23.2. The van der Waals surface area contributed by atoms with Gasteiger partial charge >= 0.3 is 5.97 Å². The third-order valence-corrected chi connectivity index (χ3v) is 5.99. The topological polar surface area (TPSA) is 78.3 Å². The van der Waals surface area contributed by atoms with Crippen LogP contribution < -0.4 is 10.1 Å². The smallest absolute Gasteiger partial charge is 0.338 e. The van der Waals surface area contributed by atoms with Gasteiger partial charge in [0.15, 0.2) is 0 Å². The molecule has 0 aliphatic carbocycles. The lowest BCUT2D eigenvalue weighted by Crippen LogP contribution is -2.30. The Labute approximate surface area is 188 Å². The Morgan fingerprint density at radius 2 is 1.97 bits per heavy atom. The normalized spacial score (nSPS) is 15.4. The average molecular weight is 445 g/mol. The number of allylic oxidation sites excluding steroid dienone is 1. The van der Waals surface area contributed by atoms with Crippen molar-refractivity contribution in [3.05, 3.63) is 41.1 Å². The number of esters is 1. The van der Waals surface area contributed by atoms with Gasteiger partial charge in [0.2, 0.25) is 11.1 Å². The molecular formula is C23H32N4O3S. The molecular weight excluding hydrogens is 412 g/mol. The molecule has 0 unspecified atom stereocenters. The Morgan fingerprint density at radius 1 is 1.16 bits per heavy atom. The van der Waals surface area contributed by atoms with Crippen molar-refractivity contribution >= 4 is 23.7 Å². The van der Waals surface area contributed by atoms with Crippen molar-refractivity contribution in [2.24, 2.45) is 0 Å². The molecule has 2 heterocycles. The summed E-state index contributed by atoms with van der Waals surface area (Å²) in [5.41, 5.74) is 2.10. The fraction of sp³-hybridized carbons (Fsp3) is 0.522. The number of unbranched alkanes of at least 4 members (excludes halogenated alkanes) is 3. The molecule has 0 spiro atoms. The Morgan fingerprint density at radius 3 is 2.71 bits per heavy atom. The number of rotatable bonds is 11. The summed E-state index contributed by atoms with van der Waals surface area (Å²) in [4.78, 5) is 17.6. The minimum atomic E-state index is -0.472. The summed E-state index contributed by atoms with van der Waals surface area (Å²) in [7, 11) is 0. The molecule has 0 bridgehead atoms. The molecule has 1 N–H and O–H groups in total. The number of carbonyl (C=O) groups excluding carboxylic acids is 1. The number of fused-ring (bicyclic) bond motifs is 1. The molecule has 1 aliphatic heterocycles. The summed E-state index contributed by atoms with van der Waals surface area (Å²) in [6, 6.07) is 7.28. The van der Waals surface area contributed by atoms with Crippen molar-refractivity contribution in [2.75, 3.05) is 24.3 Å². The number of benzene rings is 1. The number of para-hydroxylation sites is 1. The molecule has 7 nitrogen and oxygen atoms in total. The molecule has 31 heavy (non-hydrogen) atoms. The fourth-order valence-electron chi connectivity index (χ4n) is 3.64. The highest BCUT2D eigenvalue weighted by molar-refractivity contribution is 7.99. The van der Waals surface area contributed by atoms with Crippen molar-refractivity contribution in [3.8, 4) is 5.75 Å². The molecule has 2 aromatic rings. The number of thioether (sulfide) groups is 1. The first-order valence-corrected chi connectivity index (χ1v) is 12.0. The summed E-state index contributed by atoms with van der Waals surface area (Å²) >= 11 is 1.65. The zero-order chi connectivity index (χ0) is 22.2. The molecule has 3 rings (SSSR count). The average Bonchev–Trinajstić information content (AvgIpc) is 3.15. The summed E-state index contributed by atoms with van der Waals surface area (Å²) in [6.45, 7) is 8.67. The number of nitrogens with zero attached hydrogens (tertiary/aromatic N) is 3. The van der Waals surface area contributed by atoms with Gasteiger partial charge in [-0.1, -0.05) is 56.1 Å². The van der Waals surface area contributed by atoms with Crippen LogP contribution in [0.5, 0.6) is 5.75 Å². The fourth-order valence-corrected chi connectivity index (χ4v) is 4.47. The lowest BCUT2D eigenvalue weighted by Gasteiger charge is -2.29. The highest BCUT2D eigenvalue weighted by atomic mass is 32.2. The van der Waals surface area contributed by atoms with E-state index in [9.17, 15) is 4.79 Å². The van der Waals surface area contributed by atoms with E-state index >= 15 is 0 Å². The monoisotopic (exact) mass is 444 g/mol. The number of nitrogens with one attached hydrogen (secondary N) is 1. The van der Waals surface area contributed by atoms with E-state index in [1.54, 1.807) is 23.4 Å². The second kappa shape index (κ2) is 11.2. The van der Waals surface area contributed by atoms with Crippen LogP contribution in [-0.2, 0) is 9.53 Å². The van der Waals surface area contributed by atoms with E-state index in [0.717, 1.165) is 23.5 Å². The van der Waals surface area contributed by atoms with Gasteiger partial charge in [0.05, 0.1) is 18.8 Å². The van der Waals surface area contributed by atoms with Crippen LogP contribution in [0.1, 0.15) is 65.0 Å². The Kier molecular flexibility index (Phi) is 8.40. The van der Waals surface area contributed by atoms with Crippen molar-refractivity contribution in [1.29, 1.82) is 0 Å². The van der Waals surface area contributed by atoms with E-state index in [1.807, 2.05) is 38.1 Å². The highest BCUT2D eigenvalue weighted by Gasteiger charge is 2.36. The minimum Gasteiger partial charge on any atom is -0.494 e. The molecule has 1 aromatic heterocycles. The third kappa shape index (κ3) is 5.42. The summed E-state index contributed by atoms with van der Waals surface area (Å²) < 4.78 is 13.0. The van der Waals surface area contributed by atoms with Crippen molar-refractivity contribution in [2.45, 2.75) is 64.6 Å². The van der Waals surface area contributed by atoms with Crippen LogP contribution in [0.3, 0.4) is 0 Å². The van der Waals surface area contributed by atoms with Crippen LogP contribution in [-0.4, -0.2) is 39.7 Å². The van der Waals surface area contributed by atoms with Crippen LogP contribution in [0.25, 0.3) is 0 Å². The van der Waals surface area contributed by atoms with Crippen molar-refractivity contribution in [3.63, 3.8) is 0 Å². The molecule has 1 aromatic carbocycles. The predicted molar refractivity (Wildman–Crippen MR) is 124 cm³/mol. The predicted octanol–water partition coefficient (Wildman–Crippen LogP) is 5.20. The zero-order valence-corrected chi connectivity index (χ0v) is 19.6. The summed E-state index contributed by atoms with van der Waals surface area (Å²) in [6.07, 6.45) is 4.82. The molecule has 1 aliphatic rings. The quantitative estimate of drug-likeness (QED) is 0.290. The molecule has 8 heteroatoms. The second-order valence-corrected chi connectivity index (χ2v) is 8.39. The van der Waals surface area contributed by atoms with E-state index in [0.29, 0.717) is 35.6 Å². The second-order valence-electron chi connectivity index (χ2n) is 7.33. The molecule has 0 amide bonds. The van der Waals surface area contributed by atoms with Crippen molar-refractivity contribution < 1.29 is 14.3 Å². The highest BCUT2D eigenvalue weighted by Crippen LogP contribution is 2.40. The van der Waals surface area contributed by atoms with Gasteiger partial charge in [-0.2, -0.15) is 4.98 Å². The Hall–Kier alpha value is -2.48.